The van der Waals surface area contributed by atoms with Crippen LogP contribution in [0.25, 0.3) is 4.85 Å². The molecule has 0 radical (unpaired) electrons. The molecule has 1 unspecified atom stereocenters. The van der Waals surface area contributed by atoms with E-state index in [1.165, 1.54) is 12.8 Å². The number of hydrogen-bond donors (Lipinski definition) is 0. The molecule has 4 nitrogen and oxygen atoms in total. The van der Waals surface area contributed by atoms with Gasteiger partial charge in [0.1, 0.15) is 0 Å². The van der Waals surface area contributed by atoms with Gasteiger partial charge in [-0.1, -0.05) is 38.8 Å². The summed E-state index contributed by atoms with van der Waals surface area (Å²) in [5, 5.41) is -0.932. The van der Waals surface area contributed by atoms with Crippen LogP contribution in [0, 0.1) is 12.0 Å². The first-order valence-corrected chi connectivity index (χ1v) is 8.36. The van der Waals surface area contributed by atoms with Gasteiger partial charge in [0, 0.05) is 18.0 Å². The number of hydrogen-bond acceptors (Lipinski definition) is 2. The molecule has 2 aliphatic carbocycles. The molecule has 0 spiro atoms. The molecule has 3 aliphatic rings. The lowest BCUT2D eigenvalue weighted by Gasteiger charge is -2.47. The molecule has 0 bridgehead atoms. The summed E-state index contributed by atoms with van der Waals surface area (Å²) in [6.45, 7) is 11.5. The molecule has 1 amide bonds. The molecular weight excluding hydrogens is 295 g/mol. The molecule has 3 rings (SSSR count). The molecule has 1 saturated carbocycles. The lowest BCUT2D eigenvalue weighted by atomic mass is 9.67. The Morgan fingerprint density at radius 1 is 1.32 bits per heavy atom. The van der Waals surface area contributed by atoms with Gasteiger partial charge >= 0.3 is 0 Å². The van der Waals surface area contributed by atoms with Crippen LogP contribution in [0.1, 0.15) is 39.5 Å². The molecule has 0 N–H and O–H groups in total. The van der Waals surface area contributed by atoms with Crippen LogP contribution in [-0.4, -0.2) is 34.3 Å². The fourth-order valence-electron chi connectivity index (χ4n) is 4.04. The predicted octanol–water partition coefficient (Wildman–Crippen LogP) is 2.72. The first kappa shape index (κ1) is 15.4. The van der Waals surface area contributed by atoms with Gasteiger partial charge in [-0.05, 0) is 18.4 Å². The standard InChI is InChI=1S/C17H21N2O2P/c1-16(2)13-8-9-19(11-6-4-5-7-11)15(21)17(13,22)10-12(18-3)14(16)20/h8,10-11H,4-7,9,22H2,1-2H3/t17-/m1/s1. The highest BCUT2D eigenvalue weighted by Crippen LogP contribution is 2.50. The molecule has 0 aromatic carbocycles. The van der Waals surface area contributed by atoms with E-state index < -0.39 is 10.6 Å². The predicted molar refractivity (Wildman–Crippen MR) is 88.0 cm³/mol. The van der Waals surface area contributed by atoms with E-state index in [1.807, 2.05) is 24.8 Å². The van der Waals surface area contributed by atoms with E-state index in [0.29, 0.717) is 12.6 Å². The van der Waals surface area contributed by atoms with Crippen molar-refractivity contribution in [1.29, 1.82) is 0 Å². The Balaban J connectivity index is 2.09. The monoisotopic (exact) mass is 316 g/mol. The molecule has 1 aliphatic heterocycles. The van der Waals surface area contributed by atoms with E-state index in [9.17, 15) is 9.59 Å². The van der Waals surface area contributed by atoms with Crippen LogP contribution in [0.5, 0.6) is 0 Å². The minimum atomic E-state index is -0.932. The number of nitrogens with zero attached hydrogens (tertiary/aromatic N) is 2. The number of rotatable bonds is 1. The highest BCUT2D eigenvalue weighted by molar-refractivity contribution is 7.22. The van der Waals surface area contributed by atoms with Crippen LogP contribution in [0.15, 0.2) is 23.4 Å². The Bertz CT molecular complexity index is 650. The Morgan fingerprint density at radius 2 is 1.95 bits per heavy atom. The number of ketones is 1. The van der Waals surface area contributed by atoms with Crippen LogP contribution in [0.4, 0.5) is 0 Å². The van der Waals surface area contributed by atoms with Gasteiger partial charge in [-0.2, -0.15) is 0 Å². The summed E-state index contributed by atoms with van der Waals surface area (Å²) < 4.78 is 0. The number of fused-ring (bicyclic) bond motifs is 1. The smallest absolute Gasteiger partial charge is 0.239 e. The molecule has 5 heteroatoms. The van der Waals surface area contributed by atoms with Gasteiger partial charge in [0.2, 0.25) is 11.6 Å². The van der Waals surface area contributed by atoms with Crippen molar-refractivity contribution in [1.82, 2.24) is 4.90 Å². The van der Waals surface area contributed by atoms with Crippen LogP contribution >= 0.6 is 9.24 Å². The van der Waals surface area contributed by atoms with Crippen molar-refractivity contribution < 1.29 is 9.59 Å². The van der Waals surface area contributed by atoms with E-state index in [1.54, 1.807) is 6.08 Å². The zero-order valence-corrected chi connectivity index (χ0v) is 14.2. The average molecular weight is 316 g/mol. The summed E-state index contributed by atoms with van der Waals surface area (Å²) in [6, 6.07) is 0.299. The van der Waals surface area contributed by atoms with Gasteiger partial charge in [-0.15, -0.1) is 9.24 Å². The number of allylic oxidation sites excluding steroid dienone is 1. The fraction of sp³-hybridized carbons (Fsp3) is 0.588. The van der Waals surface area contributed by atoms with Crippen LogP contribution in [0.3, 0.4) is 0 Å². The van der Waals surface area contributed by atoms with Crippen LogP contribution in [-0.2, 0) is 9.59 Å². The summed E-state index contributed by atoms with van der Waals surface area (Å²) in [5.74, 6) is -0.169. The third-order valence-electron chi connectivity index (χ3n) is 5.28. The van der Waals surface area contributed by atoms with Gasteiger partial charge in [0.25, 0.3) is 0 Å². The quantitative estimate of drug-likeness (QED) is 0.424. The third-order valence-corrected chi connectivity index (χ3v) is 6.00. The molecule has 1 fully saturated rings. The lowest BCUT2D eigenvalue weighted by Crippen LogP contribution is -2.57. The van der Waals surface area contributed by atoms with Gasteiger partial charge in [0.05, 0.1) is 11.7 Å². The molecule has 116 valence electrons. The highest BCUT2D eigenvalue weighted by Gasteiger charge is 2.54. The van der Waals surface area contributed by atoms with Crippen molar-refractivity contribution in [2.45, 2.75) is 50.7 Å². The second-order valence-electron chi connectivity index (χ2n) is 6.98. The minimum Gasteiger partial charge on any atom is -0.335 e. The topological polar surface area (TPSA) is 41.7 Å². The number of carbonyl (C=O) groups is 2. The molecule has 0 aromatic rings. The van der Waals surface area contributed by atoms with E-state index in [4.69, 9.17) is 6.57 Å². The van der Waals surface area contributed by atoms with Gasteiger partial charge < -0.3 is 9.69 Å². The molecule has 2 atom stereocenters. The second-order valence-corrected chi connectivity index (χ2v) is 7.89. The van der Waals surface area contributed by atoms with E-state index in [0.717, 1.165) is 18.4 Å². The van der Waals surface area contributed by atoms with E-state index in [2.05, 4.69) is 14.1 Å². The van der Waals surface area contributed by atoms with Crippen LogP contribution in [0.2, 0.25) is 0 Å². The maximum absolute atomic E-state index is 13.1. The maximum atomic E-state index is 13.1. The largest absolute Gasteiger partial charge is 0.335 e. The van der Waals surface area contributed by atoms with Crippen molar-refractivity contribution in [3.8, 4) is 0 Å². The van der Waals surface area contributed by atoms with Crippen molar-refractivity contribution in [3.05, 3.63) is 34.8 Å². The molecular formula is C17H21N2O2P. The van der Waals surface area contributed by atoms with Crippen LogP contribution < -0.4 is 0 Å². The molecule has 22 heavy (non-hydrogen) atoms. The molecule has 0 saturated heterocycles. The summed E-state index contributed by atoms with van der Waals surface area (Å²) in [4.78, 5) is 30.9. The maximum Gasteiger partial charge on any atom is 0.239 e. The normalized spacial score (nSPS) is 31.5. The summed E-state index contributed by atoms with van der Waals surface area (Å²) in [5.41, 5.74) is 0.105. The van der Waals surface area contributed by atoms with Crippen molar-refractivity contribution >= 4 is 20.9 Å². The summed E-state index contributed by atoms with van der Waals surface area (Å²) in [6.07, 6.45) is 8.04. The zero-order valence-electron chi connectivity index (χ0n) is 13.1. The number of carbonyl (C=O) groups excluding carboxylic acids is 2. The van der Waals surface area contributed by atoms with Gasteiger partial charge in [-0.25, -0.2) is 4.85 Å². The molecule has 0 aromatic heterocycles. The van der Waals surface area contributed by atoms with Gasteiger partial charge in [-0.3, -0.25) is 4.79 Å². The second kappa shape index (κ2) is 5.03. The Morgan fingerprint density at radius 3 is 2.55 bits per heavy atom. The zero-order chi connectivity index (χ0) is 16.1. The molecule has 1 heterocycles. The van der Waals surface area contributed by atoms with Crippen molar-refractivity contribution in [2.75, 3.05) is 6.54 Å². The Hall–Kier alpha value is -1.46. The fourth-order valence-corrected chi connectivity index (χ4v) is 4.85. The Kier molecular flexibility index (Phi) is 3.53. The van der Waals surface area contributed by atoms with E-state index >= 15 is 0 Å². The number of amides is 1. The average Bonchev–Trinajstić information content (AvgIpc) is 2.99. The third kappa shape index (κ3) is 1.99. The SMILES string of the molecule is [C-]#[N+]C1=C[C@]2(P)C(=O)N(C3CCCC3)CC=C2C(C)(C)C1=O. The van der Waals surface area contributed by atoms with E-state index in [-0.39, 0.29) is 17.4 Å². The summed E-state index contributed by atoms with van der Waals surface area (Å²) >= 11 is 0. The Labute approximate surface area is 133 Å². The first-order valence-electron chi connectivity index (χ1n) is 7.78. The van der Waals surface area contributed by atoms with Gasteiger partial charge in [0.15, 0.2) is 5.78 Å². The summed E-state index contributed by atoms with van der Waals surface area (Å²) in [7, 11) is 2.63. The minimum absolute atomic E-state index is 0.0172. The first-order chi connectivity index (χ1) is 10.3. The van der Waals surface area contributed by atoms with Crippen molar-refractivity contribution in [2.24, 2.45) is 5.41 Å². The lowest BCUT2D eigenvalue weighted by molar-refractivity contribution is -0.135. The highest BCUT2D eigenvalue weighted by atomic mass is 31.0. The van der Waals surface area contributed by atoms with Crippen molar-refractivity contribution in [3.63, 3.8) is 0 Å². The number of Topliss-reactive ketones (excluding diaryl/α,β-unsaturated/α-hetero) is 1.